The molecule has 0 radical (unpaired) electrons. The van der Waals surface area contributed by atoms with Crippen molar-refractivity contribution >= 4 is 0 Å². The molecule has 1 atom stereocenters. The number of aromatic nitrogens is 2. The van der Waals surface area contributed by atoms with Gasteiger partial charge in [0.25, 0.3) is 0 Å². The molecule has 2 N–H and O–H groups in total. The van der Waals surface area contributed by atoms with Crippen LogP contribution in [0.5, 0.6) is 0 Å². The van der Waals surface area contributed by atoms with E-state index in [9.17, 15) is 0 Å². The first-order chi connectivity index (χ1) is 6.63. The molecule has 0 aliphatic rings. The summed E-state index contributed by atoms with van der Waals surface area (Å²) in [5.41, 5.74) is 2.27. The van der Waals surface area contributed by atoms with Crippen LogP contribution in [0.25, 0.3) is 0 Å². The van der Waals surface area contributed by atoms with Gasteiger partial charge >= 0.3 is 0 Å². The second kappa shape index (κ2) is 5.12. The quantitative estimate of drug-likeness (QED) is 0.720. The Morgan fingerprint density at radius 3 is 2.86 bits per heavy atom. The summed E-state index contributed by atoms with van der Waals surface area (Å²) in [7, 11) is 1.94. The lowest BCUT2D eigenvalue weighted by atomic mass is 10.3. The van der Waals surface area contributed by atoms with Crippen molar-refractivity contribution in [3.8, 4) is 0 Å². The summed E-state index contributed by atoms with van der Waals surface area (Å²) in [5, 5.41) is 16.6. The molecule has 4 heteroatoms. The van der Waals surface area contributed by atoms with Gasteiger partial charge in [-0.25, -0.2) is 0 Å². The Morgan fingerprint density at radius 1 is 1.64 bits per heavy atom. The number of nitrogens with zero attached hydrogens (tertiary/aromatic N) is 2. The molecule has 0 bridgehead atoms. The van der Waals surface area contributed by atoms with Crippen LogP contribution < -0.4 is 5.32 Å². The van der Waals surface area contributed by atoms with E-state index >= 15 is 0 Å². The third-order valence-electron chi connectivity index (χ3n) is 2.14. The Balaban J connectivity index is 2.45. The molecule has 0 aliphatic heterocycles. The van der Waals surface area contributed by atoms with Gasteiger partial charge in [0, 0.05) is 20.1 Å². The highest BCUT2D eigenvalue weighted by atomic mass is 16.3. The molecule has 80 valence electrons. The first kappa shape index (κ1) is 11.2. The van der Waals surface area contributed by atoms with Gasteiger partial charge in [0.1, 0.15) is 0 Å². The van der Waals surface area contributed by atoms with Crippen LogP contribution in [-0.2, 0) is 20.0 Å². The molecule has 1 heterocycles. The van der Waals surface area contributed by atoms with Crippen molar-refractivity contribution in [3.63, 3.8) is 0 Å². The summed E-state index contributed by atoms with van der Waals surface area (Å²) >= 11 is 0. The summed E-state index contributed by atoms with van der Waals surface area (Å²) in [6.07, 6.45) is 0.665. The van der Waals surface area contributed by atoms with Crippen molar-refractivity contribution in [1.82, 2.24) is 15.1 Å². The van der Waals surface area contributed by atoms with Crippen molar-refractivity contribution in [1.29, 1.82) is 0 Å². The summed E-state index contributed by atoms with van der Waals surface area (Å²) < 4.78 is 1.88. The van der Waals surface area contributed by atoms with E-state index in [4.69, 9.17) is 5.11 Å². The summed E-state index contributed by atoms with van der Waals surface area (Å²) in [6, 6.07) is 2.09. The molecular weight excluding hydrogens is 178 g/mol. The van der Waals surface area contributed by atoms with Crippen LogP contribution in [0.4, 0.5) is 0 Å². The zero-order valence-corrected chi connectivity index (χ0v) is 9.12. The number of hydrogen-bond donors (Lipinski definition) is 2. The Kier molecular flexibility index (Phi) is 4.10. The first-order valence-electron chi connectivity index (χ1n) is 5.04. The average Bonchev–Trinajstić information content (AvgIpc) is 2.47. The first-order valence-corrected chi connectivity index (χ1v) is 5.04. The fourth-order valence-corrected chi connectivity index (χ4v) is 1.32. The highest BCUT2D eigenvalue weighted by molar-refractivity contribution is 5.09. The predicted molar refractivity (Wildman–Crippen MR) is 56.0 cm³/mol. The monoisotopic (exact) mass is 197 g/mol. The number of aliphatic hydroxyl groups is 1. The molecule has 4 nitrogen and oxygen atoms in total. The maximum atomic E-state index is 9.07. The fourth-order valence-electron chi connectivity index (χ4n) is 1.32. The highest BCUT2D eigenvalue weighted by Gasteiger charge is 2.03. The van der Waals surface area contributed by atoms with Crippen LogP contribution in [0.1, 0.15) is 25.2 Å². The summed E-state index contributed by atoms with van der Waals surface area (Å²) in [5.74, 6) is 0. The molecule has 0 saturated heterocycles. The largest absolute Gasteiger partial charge is 0.392 e. The standard InChI is InChI=1S/C10H19N3O/c1-4-9-5-10(13(3)12-9)7-11-6-8(2)14/h5,8,11,14H,4,6-7H2,1-3H3. The van der Waals surface area contributed by atoms with Crippen LogP contribution in [0.15, 0.2) is 6.07 Å². The third-order valence-corrected chi connectivity index (χ3v) is 2.14. The number of nitrogens with one attached hydrogen (secondary N) is 1. The van der Waals surface area contributed by atoms with Gasteiger partial charge < -0.3 is 10.4 Å². The Hall–Kier alpha value is -0.870. The molecule has 14 heavy (non-hydrogen) atoms. The Morgan fingerprint density at radius 2 is 2.36 bits per heavy atom. The van der Waals surface area contributed by atoms with Crippen LogP contribution in [0, 0.1) is 0 Å². The van der Waals surface area contributed by atoms with Crippen molar-refractivity contribution in [3.05, 3.63) is 17.5 Å². The van der Waals surface area contributed by atoms with E-state index in [1.165, 1.54) is 0 Å². The topological polar surface area (TPSA) is 50.1 Å². The van der Waals surface area contributed by atoms with Gasteiger partial charge in [0.15, 0.2) is 0 Å². The molecule has 0 spiro atoms. The molecule has 1 aromatic heterocycles. The van der Waals surface area contributed by atoms with Crippen molar-refractivity contribution < 1.29 is 5.11 Å². The zero-order valence-electron chi connectivity index (χ0n) is 9.12. The Bertz CT molecular complexity index is 281. The van der Waals surface area contributed by atoms with Crippen LogP contribution in [0.3, 0.4) is 0 Å². The van der Waals surface area contributed by atoms with E-state index in [0.29, 0.717) is 6.54 Å². The fraction of sp³-hybridized carbons (Fsp3) is 0.700. The van der Waals surface area contributed by atoms with E-state index in [1.54, 1.807) is 6.92 Å². The van der Waals surface area contributed by atoms with Gasteiger partial charge in [-0.15, -0.1) is 0 Å². The molecular formula is C10H19N3O. The van der Waals surface area contributed by atoms with E-state index in [-0.39, 0.29) is 6.10 Å². The number of aryl methyl sites for hydroxylation is 2. The minimum Gasteiger partial charge on any atom is -0.392 e. The van der Waals surface area contributed by atoms with Crippen LogP contribution >= 0.6 is 0 Å². The molecule has 1 aromatic rings. The van der Waals surface area contributed by atoms with E-state index in [2.05, 4.69) is 23.4 Å². The second-order valence-corrected chi connectivity index (χ2v) is 3.58. The maximum absolute atomic E-state index is 9.07. The van der Waals surface area contributed by atoms with Gasteiger partial charge in [-0.2, -0.15) is 5.10 Å². The van der Waals surface area contributed by atoms with Gasteiger partial charge in [0.05, 0.1) is 17.5 Å². The van der Waals surface area contributed by atoms with Crippen molar-refractivity contribution in [2.24, 2.45) is 7.05 Å². The van der Waals surface area contributed by atoms with Gasteiger partial charge in [-0.05, 0) is 19.4 Å². The van der Waals surface area contributed by atoms with E-state index in [0.717, 1.165) is 24.4 Å². The number of rotatable bonds is 5. The predicted octanol–water partition coefficient (Wildman–Crippen LogP) is 0.453. The number of aliphatic hydroxyl groups excluding tert-OH is 1. The minimum atomic E-state index is -0.297. The lowest BCUT2D eigenvalue weighted by Gasteiger charge is -2.06. The lowest BCUT2D eigenvalue weighted by Crippen LogP contribution is -2.24. The highest BCUT2D eigenvalue weighted by Crippen LogP contribution is 2.03. The van der Waals surface area contributed by atoms with Gasteiger partial charge in [0.2, 0.25) is 0 Å². The smallest absolute Gasteiger partial charge is 0.0636 e. The average molecular weight is 197 g/mol. The molecule has 1 unspecified atom stereocenters. The van der Waals surface area contributed by atoms with Gasteiger partial charge in [-0.1, -0.05) is 6.92 Å². The summed E-state index contributed by atoms with van der Waals surface area (Å²) in [6.45, 7) is 5.24. The van der Waals surface area contributed by atoms with Crippen LogP contribution in [0.2, 0.25) is 0 Å². The Labute approximate surface area is 84.9 Å². The maximum Gasteiger partial charge on any atom is 0.0636 e. The van der Waals surface area contributed by atoms with Crippen LogP contribution in [-0.4, -0.2) is 27.5 Å². The normalized spacial score (nSPS) is 13.1. The molecule has 0 fully saturated rings. The second-order valence-electron chi connectivity index (χ2n) is 3.58. The lowest BCUT2D eigenvalue weighted by molar-refractivity contribution is 0.190. The minimum absolute atomic E-state index is 0.297. The molecule has 0 amide bonds. The molecule has 1 rings (SSSR count). The zero-order chi connectivity index (χ0) is 10.6. The van der Waals surface area contributed by atoms with Crippen molar-refractivity contribution in [2.75, 3.05) is 6.54 Å². The molecule has 0 aromatic carbocycles. The SMILES string of the molecule is CCc1cc(CNCC(C)O)n(C)n1. The molecule has 0 saturated carbocycles. The van der Waals surface area contributed by atoms with Crippen molar-refractivity contribution in [2.45, 2.75) is 32.9 Å². The van der Waals surface area contributed by atoms with E-state index < -0.39 is 0 Å². The number of hydrogen-bond acceptors (Lipinski definition) is 3. The van der Waals surface area contributed by atoms with E-state index in [1.807, 2.05) is 11.7 Å². The van der Waals surface area contributed by atoms with Gasteiger partial charge in [-0.3, -0.25) is 4.68 Å². The molecule has 0 aliphatic carbocycles. The summed E-state index contributed by atoms with van der Waals surface area (Å²) in [4.78, 5) is 0. The third kappa shape index (κ3) is 3.12.